The van der Waals surface area contributed by atoms with Crippen LogP contribution >= 0.6 is 0 Å². The van der Waals surface area contributed by atoms with Gasteiger partial charge in [-0.05, 0) is 41.8 Å². The highest BCUT2D eigenvalue weighted by Crippen LogP contribution is 2.24. The predicted molar refractivity (Wildman–Crippen MR) is 110 cm³/mol. The Hall–Kier alpha value is -3.54. The molecule has 0 bridgehead atoms. The number of ether oxygens (including phenoxy) is 2. The van der Waals surface area contributed by atoms with E-state index in [-0.39, 0.29) is 5.63 Å². The Morgan fingerprint density at radius 1 is 1.03 bits per heavy atom. The highest BCUT2D eigenvalue weighted by molar-refractivity contribution is 5.81. The van der Waals surface area contributed by atoms with Gasteiger partial charge in [0, 0.05) is 36.5 Å². The number of hydrogen-bond acceptors (Lipinski definition) is 5. The van der Waals surface area contributed by atoms with Crippen molar-refractivity contribution in [2.45, 2.75) is 26.5 Å². The van der Waals surface area contributed by atoms with Crippen LogP contribution in [-0.2, 0) is 13.2 Å². The second kappa shape index (κ2) is 8.65. The van der Waals surface area contributed by atoms with E-state index in [1.54, 1.807) is 18.6 Å². The maximum Gasteiger partial charge on any atom is 0.336 e. The molecule has 148 valence electrons. The third kappa shape index (κ3) is 4.66. The van der Waals surface area contributed by atoms with Crippen LogP contribution in [-0.4, -0.2) is 16.2 Å². The van der Waals surface area contributed by atoms with Crippen LogP contribution < -0.4 is 15.1 Å². The zero-order valence-electron chi connectivity index (χ0n) is 16.2. The van der Waals surface area contributed by atoms with Gasteiger partial charge in [0.05, 0.1) is 12.9 Å². The second-order valence-corrected chi connectivity index (χ2v) is 6.76. The van der Waals surface area contributed by atoms with Crippen molar-refractivity contribution in [3.05, 3.63) is 88.8 Å². The molecule has 4 aromatic rings. The summed E-state index contributed by atoms with van der Waals surface area (Å²) in [6, 6.07) is 14.9. The molecule has 0 radical (unpaired) electrons. The minimum absolute atomic E-state index is 0.382. The molecule has 0 aliphatic carbocycles. The Kier molecular flexibility index (Phi) is 5.61. The van der Waals surface area contributed by atoms with Crippen LogP contribution in [0.5, 0.6) is 11.5 Å². The second-order valence-electron chi connectivity index (χ2n) is 6.76. The fraction of sp³-hybridized carbons (Fsp3) is 0.217. The van der Waals surface area contributed by atoms with Crippen molar-refractivity contribution in [3.8, 4) is 11.5 Å². The first-order chi connectivity index (χ1) is 14.2. The SMILES string of the molecule is CCCOc1ccc(COc2ccc3c(Cn4ccnc4)cc(=O)oc3c2)cc1. The standard InChI is InChI=1S/C23H22N2O4/c1-2-11-27-19-5-3-17(4-6-19)15-28-20-7-8-21-18(14-25-10-9-24-16-25)12-23(26)29-22(21)13-20/h3-10,12-13,16H,2,11,14-15H2,1H3. The number of aromatic nitrogens is 2. The number of rotatable bonds is 8. The molecule has 29 heavy (non-hydrogen) atoms. The number of benzene rings is 2. The lowest BCUT2D eigenvalue weighted by Crippen LogP contribution is -2.05. The summed E-state index contributed by atoms with van der Waals surface area (Å²) < 4.78 is 18.8. The van der Waals surface area contributed by atoms with E-state index in [1.165, 1.54) is 6.07 Å². The van der Waals surface area contributed by atoms with E-state index < -0.39 is 0 Å². The molecule has 0 atom stereocenters. The van der Waals surface area contributed by atoms with Gasteiger partial charge < -0.3 is 18.5 Å². The van der Waals surface area contributed by atoms with Gasteiger partial charge in [-0.1, -0.05) is 19.1 Å². The summed E-state index contributed by atoms with van der Waals surface area (Å²) in [4.78, 5) is 16.0. The maximum atomic E-state index is 12.0. The van der Waals surface area contributed by atoms with Crippen molar-refractivity contribution < 1.29 is 13.9 Å². The van der Waals surface area contributed by atoms with Crippen LogP contribution in [0.4, 0.5) is 0 Å². The molecule has 0 spiro atoms. The average molecular weight is 390 g/mol. The van der Waals surface area contributed by atoms with E-state index in [9.17, 15) is 4.79 Å². The lowest BCUT2D eigenvalue weighted by atomic mass is 10.1. The first-order valence-electron chi connectivity index (χ1n) is 9.58. The van der Waals surface area contributed by atoms with E-state index in [4.69, 9.17) is 13.9 Å². The van der Waals surface area contributed by atoms with Gasteiger partial charge in [-0.15, -0.1) is 0 Å². The molecule has 4 rings (SSSR count). The Morgan fingerprint density at radius 3 is 2.62 bits per heavy atom. The molecule has 2 aromatic carbocycles. The van der Waals surface area contributed by atoms with E-state index in [2.05, 4.69) is 11.9 Å². The first kappa shape index (κ1) is 18.8. The predicted octanol–water partition coefficient (Wildman–Crippen LogP) is 4.41. The minimum atomic E-state index is -0.382. The van der Waals surface area contributed by atoms with Crippen LogP contribution in [0.2, 0.25) is 0 Å². The van der Waals surface area contributed by atoms with Gasteiger partial charge in [-0.2, -0.15) is 0 Å². The van der Waals surface area contributed by atoms with Gasteiger partial charge in [0.2, 0.25) is 0 Å². The monoisotopic (exact) mass is 390 g/mol. The third-order valence-corrected chi connectivity index (χ3v) is 4.52. The van der Waals surface area contributed by atoms with Crippen molar-refractivity contribution >= 4 is 11.0 Å². The molecule has 0 unspecified atom stereocenters. The average Bonchev–Trinajstić information content (AvgIpc) is 3.24. The lowest BCUT2D eigenvalue weighted by Gasteiger charge is -2.10. The number of hydrogen-bond donors (Lipinski definition) is 0. The van der Waals surface area contributed by atoms with Gasteiger partial charge in [-0.25, -0.2) is 9.78 Å². The number of fused-ring (bicyclic) bond motifs is 1. The van der Waals surface area contributed by atoms with Crippen LogP contribution in [0, 0.1) is 0 Å². The zero-order chi connectivity index (χ0) is 20.1. The summed E-state index contributed by atoms with van der Waals surface area (Å²) in [6.07, 6.45) is 6.27. The Labute approximate surface area is 168 Å². The Morgan fingerprint density at radius 2 is 1.86 bits per heavy atom. The van der Waals surface area contributed by atoms with Crippen molar-refractivity contribution in [1.29, 1.82) is 0 Å². The minimum Gasteiger partial charge on any atom is -0.494 e. The fourth-order valence-electron chi connectivity index (χ4n) is 3.08. The number of nitrogens with zero attached hydrogens (tertiary/aromatic N) is 2. The molecule has 0 saturated carbocycles. The van der Waals surface area contributed by atoms with E-state index >= 15 is 0 Å². The molecule has 0 aliphatic rings. The maximum absolute atomic E-state index is 12.0. The summed E-state index contributed by atoms with van der Waals surface area (Å²) in [5, 5.41) is 0.878. The van der Waals surface area contributed by atoms with Gasteiger partial charge >= 0.3 is 5.63 Å². The van der Waals surface area contributed by atoms with Crippen molar-refractivity contribution in [3.63, 3.8) is 0 Å². The lowest BCUT2D eigenvalue weighted by molar-refractivity contribution is 0.304. The molecular formula is C23H22N2O4. The molecule has 6 heteroatoms. The summed E-state index contributed by atoms with van der Waals surface area (Å²) in [6.45, 7) is 3.75. The highest BCUT2D eigenvalue weighted by Gasteiger charge is 2.08. The van der Waals surface area contributed by atoms with Gasteiger partial charge in [0.15, 0.2) is 0 Å². The molecule has 2 heterocycles. The quantitative estimate of drug-likeness (QED) is 0.417. The Balaban J connectivity index is 1.49. The largest absolute Gasteiger partial charge is 0.494 e. The van der Waals surface area contributed by atoms with Crippen LogP contribution in [0.15, 0.2) is 76.5 Å². The first-order valence-corrected chi connectivity index (χ1v) is 9.58. The molecule has 2 aromatic heterocycles. The topological polar surface area (TPSA) is 66.5 Å². The van der Waals surface area contributed by atoms with Crippen LogP contribution in [0.1, 0.15) is 24.5 Å². The summed E-state index contributed by atoms with van der Waals surface area (Å²) in [7, 11) is 0. The summed E-state index contributed by atoms with van der Waals surface area (Å²) in [5.74, 6) is 1.50. The summed E-state index contributed by atoms with van der Waals surface area (Å²) >= 11 is 0. The zero-order valence-corrected chi connectivity index (χ0v) is 16.2. The molecule has 6 nitrogen and oxygen atoms in total. The smallest absolute Gasteiger partial charge is 0.336 e. The molecule has 0 fully saturated rings. The van der Waals surface area contributed by atoms with Gasteiger partial charge in [-0.3, -0.25) is 0 Å². The molecule has 0 N–H and O–H groups in total. The van der Waals surface area contributed by atoms with E-state index in [0.717, 1.165) is 28.7 Å². The van der Waals surface area contributed by atoms with Gasteiger partial charge in [0.1, 0.15) is 23.7 Å². The fourth-order valence-corrected chi connectivity index (χ4v) is 3.08. The highest BCUT2D eigenvalue weighted by atomic mass is 16.5. The van der Waals surface area contributed by atoms with E-state index in [1.807, 2.05) is 47.2 Å². The van der Waals surface area contributed by atoms with E-state index in [0.29, 0.717) is 31.1 Å². The normalized spacial score (nSPS) is 10.9. The summed E-state index contributed by atoms with van der Waals surface area (Å²) in [5.41, 5.74) is 2.04. The Bertz CT molecular complexity index is 1130. The number of imidazole rings is 1. The molecular weight excluding hydrogens is 368 g/mol. The van der Waals surface area contributed by atoms with Gasteiger partial charge in [0.25, 0.3) is 0 Å². The van der Waals surface area contributed by atoms with Crippen molar-refractivity contribution in [2.24, 2.45) is 0 Å². The molecule has 0 amide bonds. The molecule has 0 aliphatic heterocycles. The molecule has 0 saturated heterocycles. The van der Waals surface area contributed by atoms with Crippen molar-refractivity contribution in [1.82, 2.24) is 9.55 Å². The van der Waals surface area contributed by atoms with Crippen LogP contribution in [0.25, 0.3) is 11.0 Å². The third-order valence-electron chi connectivity index (χ3n) is 4.52. The van der Waals surface area contributed by atoms with Crippen LogP contribution in [0.3, 0.4) is 0 Å². The van der Waals surface area contributed by atoms with Crippen molar-refractivity contribution in [2.75, 3.05) is 6.61 Å².